The topological polar surface area (TPSA) is 106 Å². The average Bonchev–Trinajstić information content (AvgIpc) is 2.61. The van der Waals surface area contributed by atoms with Crippen LogP contribution in [0.3, 0.4) is 0 Å². The Morgan fingerprint density at radius 1 is 1.12 bits per heavy atom. The number of carbonyl (C=O) groups excluding carboxylic acids is 2. The number of anilines is 1. The SMILES string of the molecule is COc1c(O)ccc2cc(C(=O)c3ccc(NC(C)=O)cc3)c(=O)oc12. The van der Waals surface area contributed by atoms with Crippen LogP contribution in [0.5, 0.6) is 11.5 Å². The van der Waals surface area contributed by atoms with Crippen molar-refractivity contribution in [2.75, 3.05) is 12.4 Å². The van der Waals surface area contributed by atoms with Gasteiger partial charge in [-0.25, -0.2) is 4.79 Å². The quantitative estimate of drug-likeness (QED) is 0.552. The van der Waals surface area contributed by atoms with Crippen LogP contribution in [-0.4, -0.2) is 23.9 Å². The van der Waals surface area contributed by atoms with Gasteiger partial charge in [0.25, 0.3) is 0 Å². The van der Waals surface area contributed by atoms with Gasteiger partial charge >= 0.3 is 5.63 Å². The minimum absolute atomic E-state index is 0.0262. The molecule has 0 aliphatic carbocycles. The van der Waals surface area contributed by atoms with Crippen LogP contribution < -0.4 is 15.7 Å². The van der Waals surface area contributed by atoms with Gasteiger partial charge < -0.3 is 19.6 Å². The lowest BCUT2D eigenvalue weighted by Gasteiger charge is -2.08. The van der Waals surface area contributed by atoms with E-state index < -0.39 is 11.4 Å². The van der Waals surface area contributed by atoms with Crippen molar-refractivity contribution in [2.24, 2.45) is 0 Å². The van der Waals surface area contributed by atoms with Gasteiger partial charge in [0.15, 0.2) is 17.1 Å². The van der Waals surface area contributed by atoms with Crippen molar-refractivity contribution >= 4 is 28.3 Å². The summed E-state index contributed by atoms with van der Waals surface area (Å²) in [5.74, 6) is -0.882. The van der Waals surface area contributed by atoms with Crippen LogP contribution >= 0.6 is 0 Å². The van der Waals surface area contributed by atoms with Gasteiger partial charge in [-0.15, -0.1) is 0 Å². The second kappa shape index (κ2) is 6.72. The maximum Gasteiger partial charge on any atom is 0.347 e. The molecule has 0 saturated heterocycles. The Hall–Kier alpha value is -3.61. The first-order chi connectivity index (χ1) is 12.4. The highest BCUT2D eigenvalue weighted by Crippen LogP contribution is 2.34. The number of amides is 1. The lowest BCUT2D eigenvalue weighted by molar-refractivity contribution is -0.114. The molecule has 7 heteroatoms. The van der Waals surface area contributed by atoms with E-state index in [1.54, 1.807) is 12.1 Å². The van der Waals surface area contributed by atoms with Crippen molar-refractivity contribution in [3.05, 3.63) is 64.0 Å². The van der Waals surface area contributed by atoms with Crippen molar-refractivity contribution in [1.29, 1.82) is 0 Å². The molecule has 1 heterocycles. The van der Waals surface area contributed by atoms with E-state index in [2.05, 4.69) is 5.32 Å². The first kappa shape index (κ1) is 17.2. The van der Waals surface area contributed by atoms with E-state index in [1.165, 1.54) is 44.4 Å². The van der Waals surface area contributed by atoms with Crippen LogP contribution in [0.25, 0.3) is 11.0 Å². The number of rotatable bonds is 4. The monoisotopic (exact) mass is 353 g/mol. The van der Waals surface area contributed by atoms with E-state index in [4.69, 9.17) is 9.15 Å². The van der Waals surface area contributed by atoms with E-state index in [1.807, 2.05) is 0 Å². The molecule has 0 saturated carbocycles. The van der Waals surface area contributed by atoms with E-state index in [0.29, 0.717) is 11.1 Å². The zero-order chi connectivity index (χ0) is 18.8. The molecule has 0 aliphatic heterocycles. The van der Waals surface area contributed by atoms with Crippen molar-refractivity contribution in [3.63, 3.8) is 0 Å². The molecule has 1 amide bonds. The Morgan fingerprint density at radius 2 is 1.81 bits per heavy atom. The summed E-state index contributed by atoms with van der Waals surface area (Å²) in [5.41, 5.74) is -0.0961. The Morgan fingerprint density at radius 3 is 2.42 bits per heavy atom. The van der Waals surface area contributed by atoms with E-state index in [9.17, 15) is 19.5 Å². The van der Waals surface area contributed by atoms with Crippen molar-refractivity contribution in [1.82, 2.24) is 0 Å². The normalized spacial score (nSPS) is 10.5. The summed E-state index contributed by atoms with van der Waals surface area (Å²) in [6.45, 7) is 1.38. The molecular formula is C19H15NO6. The summed E-state index contributed by atoms with van der Waals surface area (Å²) in [6.07, 6.45) is 0. The highest BCUT2D eigenvalue weighted by atomic mass is 16.5. The number of methoxy groups -OCH3 is 1. The Balaban J connectivity index is 2.03. The van der Waals surface area contributed by atoms with Gasteiger partial charge in [-0.05, 0) is 42.5 Å². The first-order valence-electron chi connectivity index (χ1n) is 7.67. The van der Waals surface area contributed by atoms with Gasteiger partial charge in [-0.2, -0.15) is 0 Å². The van der Waals surface area contributed by atoms with Crippen LogP contribution in [0.4, 0.5) is 5.69 Å². The molecule has 0 spiro atoms. The standard InChI is InChI=1S/C19H15NO6/c1-10(21)20-13-6-3-11(4-7-13)16(23)14-9-12-5-8-15(22)18(25-2)17(12)26-19(14)24/h3-9,22H,1-2H3,(H,20,21). The molecule has 0 atom stereocenters. The number of aromatic hydroxyl groups is 1. The lowest BCUT2D eigenvalue weighted by atomic mass is 10.0. The van der Waals surface area contributed by atoms with Gasteiger partial charge in [0.1, 0.15) is 5.56 Å². The maximum atomic E-state index is 12.6. The third-order valence-electron chi connectivity index (χ3n) is 3.75. The fourth-order valence-corrected chi connectivity index (χ4v) is 2.57. The van der Waals surface area contributed by atoms with Gasteiger partial charge in [-0.1, -0.05) is 0 Å². The Kier molecular flexibility index (Phi) is 4.45. The molecule has 0 radical (unpaired) electrons. The summed E-state index contributed by atoms with van der Waals surface area (Å²) < 4.78 is 10.2. The van der Waals surface area contributed by atoms with E-state index >= 15 is 0 Å². The molecule has 7 nitrogen and oxygen atoms in total. The molecule has 26 heavy (non-hydrogen) atoms. The van der Waals surface area contributed by atoms with Crippen LogP contribution in [0.1, 0.15) is 22.8 Å². The number of phenolic OH excluding ortho intramolecular Hbond substituents is 1. The van der Waals surface area contributed by atoms with E-state index in [0.717, 1.165) is 0 Å². The lowest BCUT2D eigenvalue weighted by Crippen LogP contribution is -2.15. The van der Waals surface area contributed by atoms with E-state index in [-0.39, 0.29) is 34.1 Å². The number of benzene rings is 2. The largest absolute Gasteiger partial charge is 0.504 e. The zero-order valence-electron chi connectivity index (χ0n) is 14.0. The zero-order valence-corrected chi connectivity index (χ0v) is 14.0. The van der Waals surface area contributed by atoms with Gasteiger partial charge in [-0.3, -0.25) is 9.59 Å². The van der Waals surface area contributed by atoms with Crippen molar-refractivity contribution < 1.29 is 23.8 Å². The summed E-state index contributed by atoms with van der Waals surface area (Å²) in [6, 6.07) is 10.5. The minimum Gasteiger partial charge on any atom is -0.504 e. The van der Waals surface area contributed by atoms with Gasteiger partial charge in [0.05, 0.1) is 7.11 Å². The molecule has 0 aliphatic rings. The number of nitrogens with one attached hydrogen (secondary N) is 1. The molecule has 0 fully saturated rings. The summed E-state index contributed by atoms with van der Waals surface area (Å²) in [7, 11) is 1.34. The Bertz CT molecular complexity index is 1070. The number of carbonyl (C=O) groups is 2. The molecule has 2 aromatic carbocycles. The molecule has 132 valence electrons. The molecule has 0 bridgehead atoms. The summed E-state index contributed by atoms with van der Waals surface area (Å²) in [5, 5.41) is 12.8. The maximum absolute atomic E-state index is 12.6. The van der Waals surface area contributed by atoms with Gasteiger partial charge in [0, 0.05) is 23.6 Å². The summed E-state index contributed by atoms with van der Waals surface area (Å²) >= 11 is 0. The smallest absolute Gasteiger partial charge is 0.347 e. The predicted octanol–water partition coefficient (Wildman–Crippen LogP) is 2.70. The number of ketones is 1. The molecular weight excluding hydrogens is 338 g/mol. The minimum atomic E-state index is -0.836. The third-order valence-corrected chi connectivity index (χ3v) is 3.75. The second-order valence-electron chi connectivity index (χ2n) is 5.57. The highest BCUT2D eigenvalue weighted by molar-refractivity contribution is 6.10. The number of ether oxygens (including phenoxy) is 1. The second-order valence-corrected chi connectivity index (χ2v) is 5.57. The molecule has 0 unspecified atom stereocenters. The predicted molar refractivity (Wildman–Crippen MR) is 94.9 cm³/mol. The number of hydrogen-bond donors (Lipinski definition) is 2. The number of hydrogen-bond acceptors (Lipinski definition) is 6. The van der Waals surface area contributed by atoms with Gasteiger partial charge in [0.2, 0.25) is 11.7 Å². The van der Waals surface area contributed by atoms with Crippen LogP contribution in [0, 0.1) is 0 Å². The van der Waals surface area contributed by atoms with Crippen molar-refractivity contribution in [2.45, 2.75) is 6.92 Å². The molecule has 1 aromatic heterocycles. The molecule has 2 N–H and O–H groups in total. The molecule has 3 rings (SSSR count). The number of phenols is 1. The van der Waals surface area contributed by atoms with Crippen LogP contribution in [0.2, 0.25) is 0 Å². The fourth-order valence-electron chi connectivity index (χ4n) is 2.57. The first-order valence-corrected chi connectivity index (χ1v) is 7.67. The Labute approximate surface area is 147 Å². The van der Waals surface area contributed by atoms with Crippen LogP contribution in [-0.2, 0) is 4.79 Å². The van der Waals surface area contributed by atoms with Crippen LogP contribution in [0.15, 0.2) is 51.7 Å². The third kappa shape index (κ3) is 3.14. The average molecular weight is 353 g/mol. The van der Waals surface area contributed by atoms with Crippen molar-refractivity contribution in [3.8, 4) is 11.5 Å². The fraction of sp³-hybridized carbons (Fsp3) is 0.105. The molecule has 3 aromatic rings. The highest BCUT2D eigenvalue weighted by Gasteiger charge is 2.18. The number of fused-ring (bicyclic) bond motifs is 1. The summed E-state index contributed by atoms with van der Waals surface area (Å²) in [4.78, 5) is 35.9.